The van der Waals surface area contributed by atoms with Crippen molar-refractivity contribution in [3.8, 4) is 0 Å². The quantitative estimate of drug-likeness (QED) is 0.0375. The molecule has 0 aromatic carbocycles. The highest BCUT2D eigenvalue weighted by atomic mass is 16.6. The zero-order valence-corrected chi connectivity index (χ0v) is 40.8. The summed E-state index contributed by atoms with van der Waals surface area (Å²) in [5, 5.41) is 9.59. The molecule has 5 heteroatoms. The van der Waals surface area contributed by atoms with Crippen molar-refractivity contribution < 1.29 is 24.2 Å². The summed E-state index contributed by atoms with van der Waals surface area (Å²) >= 11 is 0. The van der Waals surface area contributed by atoms with Gasteiger partial charge >= 0.3 is 11.9 Å². The van der Waals surface area contributed by atoms with Crippen LogP contribution in [0.25, 0.3) is 0 Å². The summed E-state index contributed by atoms with van der Waals surface area (Å²) in [6, 6.07) is 0. The second-order valence-electron chi connectivity index (χ2n) is 18.7. The molecular weight excluding hydrogens is 741 g/mol. The summed E-state index contributed by atoms with van der Waals surface area (Å²) in [7, 11) is 0. The Morgan fingerprint density at radius 2 is 0.617 bits per heavy atom. The summed E-state index contributed by atoms with van der Waals surface area (Å²) in [6.45, 7) is 4.15. The number of carbonyl (C=O) groups excluding carboxylic acids is 2. The molecule has 356 valence electrons. The Balaban J connectivity index is 3.34. The Bertz CT molecular complexity index is 871. The van der Waals surface area contributed by atoms with Crippen LogP contribution in [0.2, 0.25) is 0 Å². The maximum absolute atomic E-state index is 12.2. The third kappa shape index (κ3) is 49.3. The molecule has 0 aliphatic heterocycles. The number of allylic oxidation sites excluding steroid dienone is 2. The number of hydrogen-bond acceptors (Lipinski definition) is 5. The molecule has 0 aliphatic rings. The molecule has 0 fully saturated rings. The minimum Gasteiger partial charge on any atom is -0.462 e. The van der Waals surface area contributed by atoms with Gasteiger partial charge in [-0.1, -0.05) is 270 Å². The second-order valence-corrected chi connectivity index (χ2v) is 18.7. The molecule has 5 nitrogen and oxygen atoms in total. The average molecular weight is 847 g/mol. The van der Waals surface area contributed by atoms with Gasteiger partial charge in [-0.05, 0) is 38.5 Å². The minimum atomic E-state index is -0.770. The van der Waals surface area contributed by atoms with E-state index >= 15 is 0 Å². The molecule has 0 saturated carbocycles. The van der Waals surface area contributed by atoms with Gasteiger partial charge < -0.3 is 14.6 Å². The van der Waals surface area contributed by atoms with Crippen LogP contribution in [0, 0.1) is 0 Å². The first-order valence-corrected chi connectivity index (χ1v) is 27.2. The highest BCUT2D eigenvalue weighted by Crippen LogP contribution is 2.18. The van der Waals surface area contributed by atoms with Crippen LogP contribution < -0.4 is 0 Å². The summed E-state index contributed by atoms with van der Waals surface area (Å²) < 4.78 is 10.6. The predicted octanol–water partition coefficient (Wildman–Crippen LogP) is 18.0. The van der Waals surface area contributed by atoms with Crippen molar-refractivity contribution in [2.75, 3.05) is 13.2 Å². The van der Waals surface area contributed by atoms with E-state index in [0.717, 1.165) is 38.5 Å². The maximum atomic E-state index is 12.2. The first-order valence-electron chi connectivity index (χ1n) is 27.2. The monoisotopic (exact) mass is 847 g/mol. The number of rotatable bonds is 51. The van der Waals surface area contributed by atoms with Gasteiger partial charge in [-0.15, -0.1) is 0 Å². The number of aliphatic hydroxyl groups excluding tert-OH is 1. The molecular formula is C55H106O5. The molecule has 0 bridgehead atoms. The molecule has 0 spiro atoms. The zero-order valence-electron chi connectivity index (χ0n) is 40.8. The van der Waals surface area contributed by atoms with Gasteiger partial charge in [0.05, 0.1) is 6.61 Å². The van der Waals surface area contributed by atoms with Crippen LogP contribution in [-0.4, -0.2) is 36.4 Å². The van der Waals surface area contributed by atoms with Crippen molar-refractivity contribution in [1.29, 1.82) is 0 Å². The number of esters is 2. The smallest absolute Gasteiger partial charge is 0.306 e. The highest BCUT2D eigenvalue weighted by Gasteiger charge is 2.16. The molecule has 0 aromatic rings. The number of ether oxygens (including phenoxy) is 2. The van der Waals surface area contributed by atoms with Crippen LogP contribution in [0.5, 0.6) is 0 Å². The van der Waals surface area contributed by atoms with E-state index in [1.165, 1.54) is 244 Å². The number of carbonyl (C=O) groups is 2. The Hall–Kier alpha value is -1.36. The Kier molecular flexibility index (Phi) is 50.8. The maximum Gasteiger partial charge on any atom is 0.306 e. The number of unbranched alkanes of at least 4 members (excludes halogenated alkanes) is 41. The fraction of sp³-hybridized carbons (Fsp3) is 0.927. The number of aliphatic hydroxyl groups is 1. The minimum absolute atomic E-state index is 0.0628. The predicted molar refractivity (Wildman–Crippen MR) is 261 cm³/mol. The topological polar surface area (TPSA) is 72.8 Å². The van der Waals surface area contributed by atoms with Crippen molar-refractivity contribution in [2.24, 2.45) is 0 Å². The highest BCUT2D eigenvalue weighted by molar-refractivity contribution is 5.70. The molecule has 60 heavy (non-hydrogen) atoms. The molecule has 1 N–H and O–H groups in total. The molecule has 0 saturated heterocycles. The Morgan fingerprint density at radius 1 is 0.367 bits per heavy atom. The van der Waals surface area contributed by atoms with Gasteiger partial charge in [0.25, 0.3) is 0 Å². The third-order valence-corrected chi connectivity index (χ3v) is 12.6. The zero-order chi connectivity index (χ0) is 43.5. The van der Waals surface area contributed by atoms with Gasteiger partial charge in [-0.25, -0.2) is 0 Å². The molecule has 0 heterocycles. The fourth-order valence-electron chi connectivity index (χ4n) is 8.44. The summed E-state index contributed by atoms with van der Waals surface area (Å²) in [5.41, 5.74) is 0. The van der Waals surface area contributed by atoms with Crippen LogP contribution in [0.15, 0.2) is 12.2 Å². The summed E-state index contributed by atoms with van der Waals surface area (Å²) in [5.74, 6) is -0.585. The second kappa shape index (κ2) is 52.0. The summed E-state index contributed by atoms with van der Waals surface area (Å²) in [4.78, 5) is 24.4. The molecule has 0 radical (unpaired) electrons. The lowest BCUT2D eigenvalue weighted by Crippen LogP contribution is -2.28. The van der Waals surface area contributed by atoms with Gasteiger partial charge in [0, 0.05) is 12.8 Å². The van der Waals surface area contributed by atoms with Gasteiger partial charge in [-0.3, -0.25) is 9.59 Å². The van der Waals surface area contributed by atoms with Gasteiger partial charge in [0.2, 0.25) is 0 Å². The van der Waals surface area contributed by atoms with Gasteiger partial charge in [0.15, 0.2) is 6.10 Å². The molecule has 0 aromatic heterocycles. The van der Waals surface area contributed by atoms with Crippen LogP contribution in [0.3, 0.4) is 0 Å². The fourth-order valence-corrected chi connectivity index (χ4v) is 8.44. The third-order valence-electron chi connectivity index (χ3n) is 12.6. The molecule has 0 amide bonds. The Labute approximate surface area is 375 Å². The van der Waals surface area contributed by atoms with E-state index in [0.29, 0.717) is 12.8 Å². The van der Waals surface area contributed by atoms with E-state index in [-0.39, 0.29) is 25.2 Å². The van der Waals surface area contributed by atoms with E-state index in [2.05, 4.69) is 26.0 Å². The van der Waals surface area contributed by atoms with Crippen molar-refractivity contribution in [3.63, 3.8) is 0 Å². The molecule has 1 unspecified atom stereocenters. The largest absolute Gasteiger partial charge is 0.462 e. The van der Waals surface area contributed by atoms with E-state index < -0.39 is 6.10 Å². The van der Waals surface area contributed by atoms with Crippen LogP contribution >= 0.6 is 0 Å². The van der Waals surface area contributed by atoms with Gasteiger partial charge in [-0.2, -0.15) is 0 Å². The van der Waals surface area contributed by atoms with Gasteiger partial charge in [0.1, 0.15) is 6.61 Å². The van der Waals surface area contributed by atoms with Crippen molar-refractivity contribution in [2.45, 2.75) is 315 Å². The van der Waals surface area contributed by atoms with Crippen molar-refractivity contribution in [3.05, 3.63) is 12.2 Å². The SMILES string of the molecule is CCCCC/C=C\CCCCCCCC(=O)OC(CO)COC(=O)CCCCCCCCCCCCCCCCCCCCCCCCCCCCCCCCCCCC. The lowest BCUT2D eigenvalue weighted by Gasteiger charge is -2.15. The van der Waals surface area contributed by atoms with Crippen LogP contribution in [0.1, 0.15) is 309 Å². The normalized spacial score (nSPS) is 12.1. The Morgan fingerprint density at radius 3 is 0.933 bits per heavy atom. The lowest BCUT2D eigenvalue weighted by atomic mass is 10.0. The van der Waals surface area contributed by atoms with E-state index in [9.17, 15) is 14.7 Å². The first-order chi connectivity index (χ1) is 29.6. The van der Waals surface area contributed by atoms with E-state index in [4.69, 9.17) is 9.47 Å². The van der Waals surface area contributed by atoms with E-state index in [1.54, 1.807) is 0 Å². The lowest BCUT2D eigenvalue weighted by molar-refractivity contribution is -0.161. The van der Waals surface area contributed by atoms with Crippen molar-refractivity contribution >= 4 is 11.9 Å². The molecule has 1 atom stereocenters. The van der Waals surface area contributed by atoms with Crippen molar-refractivity contribution in [1.82, 2.24) is 0 Å². The summed E-state index contributed by atoms with van der Waals surface area (Å²) in [6.07, 6.45) is 63.5. The molecule has 0 aliphatic carbocycles. The van der Waals surface area contributed by atoms with Crippen LogP contribution in [0.4, 0.5) is 0 Å². The average Bonchev–Trinajstić information content (AvgIpc) is 3.25. The molecule has 0 rings (SSSR count). The van der Waals surface area contributed by atoms with Crippen LogP contribution in [-0.2, 0) is 19.1 Å². The van der Waals surface area contributed by atoms with E-state index in [1.807, 2.05) is 0 Å². The standard InChI is InChI=1S/C55H106O5/c1-3-5-7-9-11-13-15-17-18-19-20-21-22-23-24-25-26-27-28-29-30-31-32-33-34-35-36-37-38-40-41-43-45-47-49-54(57)59-52-53(51-56)60-55(58)50-48-46-44-42-39-16-14-12-10-8-6-4-2/h12,14,53,56H,3-11,13,15-52H2,1-2H3/b14-12-. The first kappa shape index (κ1) is 58.6. The number of hydrogen-bond donors (Lipinski definition) is 1.